The van der Waals surface area contributed by atoms with Crippen molar-refractivity contribution in [2.75, 3.05) is 24.3 Å². The molecule has 0 radical (unpaired) electrons. The Hall–Kier alpha value is -3.79. The summed E-state index contributed by atoms with van der Waals surface area (Å²) in [6.07, 6.45) is 0. The molecule has 33 heavy (non-hydrogen) atoms. The minimum atomic E-state index is -0.760. The van der Waals surface area contributed by atoms with Crippen LogP contribution in [0, 0.1) is 0 Å². The zero-order valence-corrected chi connectivity index (χ0v) is 18.5. The summed E-state index contributed by atoms with van der Waals surface area (Å²) in [6.45, 7) is 1.48. The maximum absolute atomic E-state index is 12.8. The Labute approximate surface area is 193 Å². The Kier molecular flexibility index (Phi) is 6.64. The minimum absolute atomic E-state index is 0.140. The fourth-order valence-corrected chi connectivity index (χ4v) is 4.30. The molecule has 10 heteroatoms. The highest BCUT2D eigenvalue weighted by molar-refractivity contribution is 8.00. The van der Waals surface area contributed by atoms with Crippen LogP contribution in [0.2, 0.25) is 0 Å². The van der Waals surface area contributed by atoms with Crippen LogP contribution in [0.15, 0.2) is 64.7 Å². The highest BCUT2D eigenvalue weighted by atomic mass is 32.2. The molecule has 3 N–H and O–H groups in total. The highest BCUT2D eigenvalue weighted by Gasteiger charge is 2.34. The van der Waals surface area contributed by atoms with Crippen molar-refractivity contribution in [3.05, 3.63) is 70.9 Å². The SMILES string of the molecule is CCOC(=O)C1=C(COC(=O)c2ccc3c(c2)NC(=O)CS3)NC(=O)NC1c1ccccc1. The van der Waals surface area contributed by atoms with Crippen LogP contribution in [0.4, 0.5) is 10.5 Å². The molecule has 170 valence electrons. The Morgan fingerprint density at radius 1 is 1.03 bits per heavy atom. The Balaban J connectivity index is 1.59. The second-order valence-electron chi connectivity index (χ2n) is 7.18. The number of ether oxygens (including phenoxy) is 2. The maximum Gasteiger partial charge on any atom is 0.338 e. The molecule has 0 spiro atoms. The summed E-state index contributed by atoms with van der Waals surface area (Å²) < 4.78 is 10.6. The first-order valence-corrected chi connectivity index (χ1v) is 11.2. The molecule has 0 aliphatic carbocycles. The summed E-state index contributed by atoms with van der Waals surface area (Å²) in [6, 6.07) is 12.5. The smallest absolute Gasteiger partial charge is 0.338 e. The third-order valence-electron chi connectivity index (χ3n) is 4.98. The lowest BCUT2D eigenvalue weighted by Crippen LogP contribution is -2.47. The third-order valence-corrected chi connectivity index (χ3v) is 6.05. The van der Waals surface area contributed by atoms with Crippen molar-refractivity contribution in [3.8, 4) is 0 Å². The molecule has 4 rings (SSSR count). The second kappa shape index (κ2) is 9.78. The van der Waals surface area contributed by atoms with Crippen LogP contribution in [0.25, 0.3) is 0 Å². The summed E-state index contributed by atoms with van der Waals surface area (Å²) in [5.41, 5.74) is 1.75. The van der Waals surface area contributed by atoms with Gasteiger partial charge in [0.2, 0.25) is 5.91 Å². The number of thioether (sulfide) groups is 1. The number of esters is 2. The van der Waals surface area contributed by atoms with Gasteiger partial charge < -0.3 is 25.4 Å². The molecule has 2 aromatic rings. The number of nitrogens with one attached hydrogen (secondary N) is 3. The lowest BCUT2D eigenvalue weighted by atomic mass is 9.95. The van der Waals surface area contributed by atoms with Crippen molar-refractivity contribution in [1.29, 1.82) is 0 Å². The molecule has 0 aromatic heterocycles. The molecular weight excluding hydrogens is 446 g/mol. The van der Waals surface area contributed by atoms with Gasteiger partial charge in [0.15, 0.2) is 0 Å². The van der Waals surface area contributed by atoms with Crippen molar-refractivity contribution in [2.24, 2.45) is 0 Å². The Morgan fingerprint density at radius 2 is 1.82 bits per heavy atom. The topological polar surface area (TPSA) is 123 Å². The number of carbonyl (C=O) groups excluding carboxylic acids is 4. The van der Waals surface area contributed by atoms with E-state index in [2.05, 4.69) is 16.0 Å². The van der Waals surface area contributed by atoms with Gasteiger partial charge in [-0.15, -0.1) is 11.8 Å². The largest absolute Gasteiger partial charge is 0.463 e. The van der Waals surface area contributed by atoms with Gasteiger partial charge in [0.25, 0.3) is 0 Å². The zero-order chi connectivity index (χ0) is 23.4. The molecule has 0 fully saturated rings. The Bertz CT molecular complexity index is 1150. The molecule has 2 aliphatic heterocycles. The van der Waals surface area contributed by atoms with Crippen molar-refractivity contribution in [2.45, 2.75) is 17.9 Å². The van der Waals surface area contributed by atoms with E-state index in [0.717, 1.165) is 4.90 Å². The molecule has 3 amide bonds. The van der Waals surface area contributed by atoms with Crippen LogP contribution in [0.5, 0.6) is 0 Å². The fraction of sp³-hybridized carbons (Fsp3) is 0.217. The average molecular weight is 468 g/mol. The van der Waals surface area contributed by atoms with Crippen LogP contribution in [-0.4, -0.2) is 42.8 Å². The van der Waals surface area contributed by atoms with Gasteiger partial charge in [-0.1, -0.05) is 30.3 Å². The third kappa shape index (κ3) is 5.01. The lowest BCUT2D eigenvalue weighted by molar-refractivity contribution is -0.139. The van der Waals surface area contributed by atoms with Gasteiger partial charge in [0.1, 0.15) is 6.61 Å². The van der Waals surface area contributed by atoms with Crippen molar-refractivity contribution in [1.82, 2.24) is 10.6 Å². The van der Waals surface area contributed by atoms with E-state index in [1.165, 1.54) is 17.8 Å². The normalized spacial score (nSPS) is 17.3. The number of hydrogen-bond donors (Lipinski definition) is 3. The van der Waals surface area contributed by atoms with Gasteiger partial charge in [-0.2, -0.15) is 0 Å². The number of anilines is 1. The highest BCUT2D eigenvalue weighted by Crippen LogP contribution is 2.32. The van der Waals surface area contributed by atoms with E-state index in [4.69, 9.17) is 9.47 Å². The van der Waals surface area contributed by atoms with Crippen LogP contribution in [-0.2, 0) is 19.1 Å². The number of benzene rings is 2. The number of hydrogen-bond acceptors (Lipinski definition) is 7. The summed E-state index contributed by atoms with van der Waals surface area (Å²) in [4.78, 5) is 50.2. The van der Waals surface area contributed by atoms with Crippen molar-refractivity contribution in [3.63, 3.8) is 0 Å². The van der Waals surface area contributed by atoms with Crippen molar-refractivity contribution < 1.29 is 28.7 Å². The molecule has 0 bridgehead atoms. The first-order chi connectivity index (χ1) is 16.0. The van der Waals surface area contributed by atoms with E-state index in [-0.39, 0.29) is 36.0 Å². The van der Waals surface area contributed by atoms with Crippen molar-refractivity contribution >= 4 is 41.3 Å². The lowest BCUT2D eigenvalue weighted by Gasteiger charge is -2.29. The first kappa shape index (κ1) is 22.4. The first-order valence-electron chi connectivity index (χ1n) is 10.2. The predicted octanol–water partition coefficient (Wildman–Crippen LogP) is 2.76. The average Bonchev–Trinajstić information content (AvgIpc) is 2.82. The molecule has 2 aliphatic rings. The fourth-order valence-electron chi connectivity index (χ4n) is 3.51. The molecule has 1 unspecified atom stereocenters. The van der Waals surface area contributed by atoms with Gasteiger partial charge in [0.05, 0.1) is 40.9 Å². The maximum atomic E-state index is 12.8. The molecule has 2 aromatic carbocycles. The van der Waals surface area contributed by atoms with Crippen LogP contribution in [0.3, 0.4) is 0 Å². The number of fused-ring (bicyclic) bond motifs is 1. The molecule has 1 atom stereocenters. The molecule has 0 saturated heterocycles. The van der Waals surface area contributed by atoms with Crippen LogP contribution in [0.1, 0.15) is 28.9 Å². The summed E-state index contributed by atoms with van der Waals surface area (Å²) in [5, 5.41) is 8.00. The van der Waals surface area contributed by atoms with E-state index < -0.39 is 24.0 Å². The zero-order valence-electron chi connectivity index (χ0n) is 17.7. The van der Waals surface area contributed by atoms with Gasteiger partial charge in [-0.25, -0.2) is 14.4 Å². The standard InChI is InChI=1S/C23H21N3O6S/c1-2-31-22(29)19-16(25-23(30)26-20(19)13-6-4-3-5-7-13)11-32-21(28)14-8-9-17-15(10-14)24-18(27)12-33-17/h3-10,20H,2,11-12H2,1H3,(H,24,27)(H2,25,26,30). The summed E-state index contributed by atoms with van der Waals surface area (Å²) in [7, 11) is 0. The molecule has 0 saturated carbocycles. The van der Waals surface area contributed by atoms with Gasteiger partial charge in [-0.05, 0) is 30.7 Å². The number of amides is 3. The number of carbonyl (C=O) groups is 4. The summed E-state index contributed by atoms with van der Waals surface area (Å²) >= 11 is 1.38. The molecular formula is C23H21N3O6S. The van der Waals surface area contributed by atoms with E-state index in [1.807, 2.05) is 6.07 Å². The van der Waals surface area contributed by atoms with E-state index >= 15 is 0 Å². The quantitative estimate of drug-likeness (QED) is 0.558. The van der Waals surface area contributed by atoms with Gasteiger partial charge in [0, 0.05) is 4.90 Å². The van der Waals surface area contributed by atoms with Gasteiger partial charge in [-0.3, -0.25) is 4.79 Å². The van der Waals surface area contributed by atoms with Crippen LogP contribution < -0.4 is 16.0 Å². The minimum Gasteiger partial charge on any atom is -0.463 e. The molecule has 9 nitrogen and oxygen atoms in total. The van der Waals surface area contributed by atoms with E-state index in [0.29, 0.717) is 17.0 Å². The van der Waals surface area contributed by atoms with Gasteiger partial charge >= 0.3 is 18.0 Å². The van der Waals surface area contributed by atoms with E-state index in [9.17, 15) is 19.2 Å². The Morgan fingerprint density at radius 3 is 2.58 bits per heavy atom. The van der Waals surface area contributed by atoms with Crippen LogP contribution >= 0.6 is 11.8 Å². The predicted molar refractivity (Wildman–Crippen MR) is 121 cm³/mol. The summed E-state index contributed by atoms with van der Waals surface area (Å²) in [5.74, 6) is -1.12. The number of rotatable bonds is 6. The number of urea groups is 1. The monoisotopic (exact) mass is 467 g/mol. The van der Waals surface area contributed by atoms with E-state index in [1.54, 1.807) is 43.3 Å². The molecule has 2 heterocycles. The second-order valence-corrected chi connectivity index (χ2v) is 8.20.